The van der Waals surface area contributed by atoms with Crippen LogP contribution in [0.4, 0.5) is 5.69 Å². The second-order valence-electron chi connectivity index (χ2n) is 5.41. The molecule has 0 aliphatic heterocycles. The molecule has 7 heteroatoms. The van der Waals surface area contributed by atoms with E-state index in [1.54, 1.807) is 38.4 Å². The molecule has 0 spiro atoms. The SMILES string of the molecule is COc1ccccc1C(=O)Nc1cc(C(=O)N(C)C)cn(C)c1=O. The first-order chi connectivity index (χ1) is 11.3. The molecule has 7 nitrogen and oxygen atoms in total. The van der Waals surface area contributed by atoms with E-state index in [1.807, 2.05) is 0 Å². The summed E-state index contributed by atoms with van der Waals surface area (Å²) in [4.78, 5) is 38.2. The fraction of sp³-hybridized carbons (Fsp3) is 0.235. The molecule has 0 aliphatic rings. The van der Waals surface area contributed by atoms with Crippen molar-refractivity contribution in [2.45, 2.75) is 0 Å². The van der Waals surface area contributed by atoms with Gasteiger partial charge in [0.1, 0.15) is 11.4 Å². The van der Waals surface area contributed by atoms with E-state index >= 15 is 0 Å². The third kappa shape index (κ3) is 3.45. The van der Waals surface area contributed by atoms with Crippen LogP contribution in [-0.2, 0) is 7.05 Å². The van der Waals surface area contributed by atoms with Crippen LogP contribution in [0.5, 0.6) is 5.75 Å². The van der Waals surface area contributed by atoms with Crippen molar-refractivity contribution in [2.24, 2.45) is 7.05 Å². The Bertz CT molecular complexity index is 840. The molecule has 0 bridgehead atoms. The van der Waals surface area contributed by atoms with Gasteiger partial charge in [0.25, 0.3) is 17.4 Å². The Morgan fingerprint density at radius 2 is 1.88 bits per heavy atom. The topological polar surface area (TPSA) is 80.6 Å². The van der Waals surface area contributed by atoms with Gasteiger partial charge in [-0.25, -0.2) is 0 Å². The number of methoxy groups -OCH3 is 1. The van der Waals surface area contributed by atoms with Gasteiger partial charge in [-0.1, -0.05) is 12.1 Å². The first kappa shape index (κ1) is 17.3. The number of amides is 2. The molecule has 2 amide bonds. The minimum absolute atomic E-state index is 0.0288. The Morgan fingerprint density at radius 1 is 1.21 bits per heavy atom. The molecule has 0 aliphatic carbocycles. The maximum absolute atomic E-state index is 12.4. The van der Waals surface area contributed by atoms with Crippen molar-refractivity contribution in [3.8, 4) is 5.75 Å². The number of carbonyl (C=O) groups is 2. The number of pyridine rings is 1. The van der Waals surface area contributed by atoms with Crippen molar-refractivity contribution in [3.05, 3.63) is 58.0 Å². The summed E-state index contributed by atoms with van der Waals surface area (Å²) in [5.41, 5.74) is 0.221. The lowest BCUT2D eigenvalue weighted by atomic mass is 10.1. The number of para-hydroxylation sites is 1. The number of ether oxygens (including phenoxy) is 1. The minimum atomic E-state index is -0.487. The highest BCUT2D eigenvalue weighted by atomic mass is 16.5. The van der Waals surface area contributed by atoms with Gasteiger partial charge in [-0.15, -0.1) is 0 Å². The smallest absolute Gasteiger partial charge is 0.274 e. The molecule has 24 heavy (non-hydrogen) atoms. The molecule has 2 rings (SSSR count). The number of aryl methyl sites for hydroxylation is 1. The number of hydrogen-bond acceptors (Lipinski definition) is 4. The molecule has 0 radical (unpaired) electrons. The van der Waals surface area contributed by atoms with Gasteiger partial charge in [0, 0.05) is 27.3 Å². The third-order valence-corrected chi connectivity index (χ3v) is 3.44. The van der Waals surface area contributed by atoms with E-state index in [9.17, 15) is 14.4 Å². The molecule has 1 aromatic heterocycles. The number of benzene rings is 1. The maximum atomic E-state index is 12.4. The maximum Gasteiger partial charge on any atom is 0.274 e. The zero-order chi connectivity index (χ0) is 17.9. The monoisotopic (exact) mass is 329 g/mol. The predicted molar refractivity (Wildman–Crippen MR) is 90.6 cm³/mol. The lowest BCUT2D eigenvalue weighted by Gasteiger charge is -2.13. The van der Waals surface area contributed by atoms with Crippen LogP contribution in [0.2, 0.25) is 0 Å². The fourth-order valence-corrected chi connectivity index (χ4v) is 2.20. The van der Waals surface area contributed by atoms with Crippen LogP contribution in [0.1, 0.15) is 20.7 Å². The largest absolute Gasteiger partial charge is 0.496 e. The Kier molecular flexibility index (Phi) is 5.03. The summed E-state index contributed by atoms with van der Waals surface area (Å²) >= 11 is 0. The first-order valence-electron chi connectivity index (χ1n) is 7.22. The van der Waals surface area contributed by atoms with E-state index in [4.69, 9.17) is 4.74 Å². The van der Waals surface area contributed by atoms with E-state index in [1.165, 1.54) is 35.9 Å². The summed E-state index contributed by atoms with van der Waals surface area (Å²) in [7, 11) is 6.20. The molecule has 126 valence electrons. The van der Waals surface area contributed by atoms with Gasteiger partial charge in [-0.05, 0) is 18.2 Å². The molecule has 0 fully saturated rings. The van der Waals surface area contributed by atoms with Crippen molar-refractivity contribution in [3.63, 3.8) is 0 Å². The highest BCUT2D eigenvalue weighted by Gasteiger charge is 2.17. The fourth-order valence-electron chi connectivity index (χ4n) is 2.20. The average Bonchev–Trinajstić information content (AvgIpc) is 2.57. The third-order valence-electron chi connectivity index (χ3n) is 3.44. The van der Waals surface area contributed by atoms with Crippen molar-refractivity contribution >= 4 is 17.5 Å². The van der Waals surface area contributed by atoms with Gasteiger partial charge in [0.05, 0.1) is 18.2 Å². The zero-order valence-corrected chi connectivity index (χ0v) is 14.0. The molecule has 1 aromatic carbocycles. The van der Waals surface area contributed by atoms with Crippen molar-refractivity contribution in [1.29, 1.82) is 0 Å². The van der Waals surface area contributed by atoms with E-state index in [2.05, 4.69) is 5.32 Å². The number of aromatic nitrogens is 1. The highest BCUT2D eigenvalue weighted by Crippen LogP contribution is 2.18. The van der Waals surface area contributed by atoms with Crippen LogP contribution >= 0.6 is 0 Å². The van der Waals surface area contributed by atoms with Gasteiger partial charge >= 0.3 is 0 Å². The lowest BCUT2D eigenvalue weighted by molar-refractivity contribution is 0.0826. The van der Waals surface area contributed by atoms with Gasteiger partial charge in [0.2, 0.25) is 0 Å². The summed E-state index contributed by atoms with van der Waals surface area (Å²) in [6.07, 6.45) is 1.43. The van der Waals surface area contributed by atoms with Crippen LogP contribution in [0.3, 0.4) is 0 Å². The summed E-state index contributed by atoms with van der Waals surface area (Å²) in [6.45, 7) is 0. The standard InChI is InChI=1S/C17H19N3O4/c1-19(2)16(22)11-9-13(17(23)20(3)10-11)18-15(21)12-7-5-6-8-14(12)24-4/h5-10H,1-4H3,(H,18,21). The number of rotatable bonds is 4. The Hall–Kier alpha value is -3.09. The normalized spacial score (nSPS) is 10.2. The van der Waals surface area contributed by atoms with Crippen molar-refractivity contribution in [2.75, 3.05) is 26.5 Å². The molecule has 0 saturated carbocycles. The number of hydrogen-bond donors (Lipinski definition) is 1. The van der Waals surface area contributed by atoms with E-state index in [-0.39, 0.29) is 11.6 Å². The van der Waals surface area contributed by atoms with Crippen LogP contribution in [0, 0.1) is 0 Å². The molecule has 2 aromatic rings. The molecular formula is C17H19N3O4. The van der Waals surface area contributed by atoms with Gasteiger partial charge in [0.15, 0.2) is 0 Å². The number of carbonyl (C=O) groups excluding carboxylic acids is 2. The summed E-state index contributed by atoms with van der Waals surface area (Å²) in [6, 6.07) is 8.05. The predicted octanol–water partition coefficient (Wildman–Crippen LogP) is 1.35. The highest BCUT2D eigenvalue weighted by molar-refractivity contribution is 6.06. The van der Waals surface area contributed by atoms with Crippen LogP contribution < -0.4 is 15.6 Å². The average molecular weight is 329 g/mol. The van der Waals surface area contributed by atoms with E-state index in [0.29, 0.717) is 16.9 Å². The Labute approximate surface area is 139 Å². The van der Waals surface area contributed by atoms with Crippen LogP contribution in [-0.4, -0.2) is 42.5 Å². The number of nitrogens with one attached hydrogen (secondary N) is 1. The zero-order valence-electron chi connectivity index (χ0n) is 14.0. The lowest BCUT2D eigenvalue weighted by Crippen LogP contribution is -2.28. The van der Waals surface area contributed by atoms with Crippen molar-refractivity contribution in [1.82, 2.24) is 9.47 Å². The van der Waals surface area contributed by atoms with Crippen LogP contribution in [0.15, 0.2) is 41.3 Å². The molecule has 1 N–H and O–H groups in total. The first-order valence-corrected chi connectivity index (χ1v) is 7.22. The summed E-state index contributed by atoms with van der Waals surface area (Å²) in [5, 5.41) is 2.55. The molecule has 1 heterocycles. The number of anilines is 1. The van der Waals surface area contributed by atoms with Crippen LogP contribution in [0.25, 0.3) is 0 Å². The Morgan fingerprint density at radius 3 is 2.50 bits per heavy atom. The molecule has 0 saturated heterocycles. The van der Waals surface area contributed by atoms with E-state index < -0.39 is 11.5 Å². The van der Waals surface area contributed by atoms with Gasteiger partial charge < -0.3 is 19.5 Å². The minimum Gasteiger partial charge on any atom is -0.496 e. The second-order valence-corrected chi connectivity index (χ2v) is 5.41. The second kappa shape index (κ2) is 6.99. The summed E-state index contributed by atoms with van der Waals surface area (Å²) in [5.74, 6) is -0.357. The van der Waals surface area contributed by atoms with Gasteiger partial charge in [-0.2, -0.15) is 0 Å². The molecule has 0 unspecified atom stereocenters. The number of nitrogens with zero attached hydrogens (tertiary/aromatic N) is 2. The quantitative estimate of drug-likeness (QED) is 0.918. The van der Waals surface area contributed by atoms with E-state index in [0.717, 1.165) is 0 Å². The van der Waals surface area contributed by atoms with Gasteiger partial charge in [-0.3, -0.25) is 14.4 Å². The summed E-state index contributed by atoms with van der Waals surface area (Å²) < 4.78 is 6.41. The molecular weight excluding hydrogens is 310 g/mol. The molecule has 0 atom stereocenters. The Balaban J connectivity index is 2.40. The van der Waals surface area contributed by atoms with Crippen molar-refractivity contribution < 1.29 is 14.3 Å².